The van der Waals surface area contributed by atoms with E-state index in [4.69, 9.17) is 15.9 Å². The Hall–Kier alpha value is -3.82. The van der Waals surface area contributed by atoms with Crippen LogP contribution in [-0.4, -0.2) is 70.7 Å². The molecule has 2 aliphatic heterocycles. The number of carbonyl (C=O) groups is 1. The van der Waals surface area contributed by atoms with Gasteiger partial charge in [0, 0.05) is 44.2 Å². The van der Waals surface area contributed by atoms with Gasteiger partial charge in [0.2, 0.25) is 11.7 Å². The van der Waals surface area contributed by atoms with Crippen molar-refractivity contribution >= 4 is 23.3 Å². The summed E-state index contributed by atoms with van der Waals surface area (Å²) >= 11 is 0. The maximum atomic E-state index is 11.9. The highest BCUT2D eigenvalue weighted by atomic mass is 16.5. The maximum Gasteiger partial charge on any atom is 0.245 e. The molecule has 0 spiro atoms. The van der Waals surface area contributed by atoms with Crippen LogP contribution in [0.25, 0.3) is 0 Å². The molecule has 38 heavy (non-hydrogen) atoms. The predicted molar refractivity (Wildman–Crippen MR) is 147 cm³/mol. The van der Waals surface area contributed by atoms with E-state index in [-0.39, 0.29) is 11.6 Å². The zero-order valence-corrected chi connectivity index (χ0v) is 21.8. The highest BCUT2D eigenvalue weighted by Gasteiger charge is 2.40. The number of benzene rings is 1. The van der Waals surface area contributed by atoms with Gasteiger partial charge in [-0.25, -0.2) is 4.98 Å². The molecule has 5 rings (SSSR count). The summed E-state index contributed by atoms with van der Waals surface area (Å²) in [6, 6.07) is 7.52. The lowest BCUT2D eigenvalue weighted by molar-refractivity contribution is -0.575. The highest BCUT2D eigenvalue weighted by molar-refractivity contribution is 6.15. The number of carbonyl (C=O) groups excluding carboxylic acids is 1. The first-order valence-electron chi connectivity index (χ1n) is 13.2. The molecule has 2 saturated heterocycles. The fourth-order valence-corrected chi connectivity index (χ4v) is 5.62. The van der Waals surface area contributed by atoms with Crippen molar-refractivity contribution in [1.82, 2.24) is 19.8 Å². The minimum atomic E-state index is 0.0337. The number of hydrogen-bond acceptors (Lipinski definition) is 7. The number of fused-ring (bicyclic) bond motifs is 1. The van der Waals surface area contributed by atoms with Gasteiger partial charge in [-0.05, 0) is 54.7 Å². The number of amides is 1. The number of nitrogen functional groups attached to an aromatic ring is 1. The summed E-state index contributed by atoms with van der Waals surface area (Å²) in [5, 5.41) is 10.9. The van der Waals surface area contributed by atoms with E-state index in [1.165, 1.54) is 12.4 Å². The van der Waals surface area contributed by atoms with Gasteiger partial charge in [-0.3, -0.25) is 20.4 Å². The number of quaternary nitrogens is 1. The van der Waals surface area contributed by atoms with E-state index >= 15 is 0 Å². The Morgan fingerprint density at radius 3 is 2.63 bits per heavy atom. The van der Waals surface area contributed by atoms with Crippen molar-refractivity contribution in [1.29, 1.82) is 5.41 Å². The van der Waals surface area contributed by atoms with Crippen LogP contribution in [0.4, 0.5) is 11.6 Å². The van der Waals surface area contributed by atoms with Gasteiger partial charge in [0.25, 0.3) is 0 Å². The van der Waals surface area contributed by atoms with Crippen molar-refractivity contribution in [2.45, 2.75) is 13.3 Å². The first-order chi connectivity index (χ1) is 18.4. The number of nitrogens with zero attached hydrogens (tertiary/aromatic N) is 4. The predicted octanol–water partition coefficient (Wildman–Crippen LogP) is 2.10. The molecule has 1 amide bonds. The Kier molecular flexibility index (Phi) is 7.67. The molecule has 1 aliphatic carbocycles. The average Bonchev–Trinajstić information content (AvgIpc) is 3.49. The second-order valence-corrected chi connectivity index (χ2v) is 10.4. The van der Waals surface area contributed by atoms with E-state index in [9.17, 15) is 4.79 Å². The largest absolute Gasteiger partial charge is 0.461 e. The number of ether oxygens (including phenoxy) is 1. The first-order valence-corrected chi connectivity index (χ1v) is 13.2. The van der Waals surface area contributed by atoms with Crippen molar-refractivity contribution in [3.8, 4) is 5.75 Å². The molecule has 3 atom stereocenters. The first kappa shape index (κ1) is 25.8. The molecular weight excluding hydrogens is 478 g/mol. The molecule has 2 aromatic rings. The lowest BCUT2D eigenvalue weighted by Crippen LogP contribution is -2.80. The van der Waals surface area contributed by atoms with Crippen LogP contribution in [-0.2, 0) is 4.79 Å². The Bertz CT molecular complexity index is 1260. The quantitative estimate of drug-likeness (QED) is 0.348. The van der Waals surface area contributed by atoms with E-state index in [1.807, 2.05) is 46.6 Å². The monoisotopic (exact) mass is 514 g/mol. The van der Waals surface area contributed by atoms with Crippen molar-refractivity contribution in [3.63, 3.8) is 0 Å². The van der Waals surface area contributed by atoms with Crippen molar-refractivity contribution in [2.24, 2.45) is 17.8 Å². The van der Waals surface area contributed by atoms with E-state index in [2.05, 4.69) is 34.4 Å². The molecule has 3 aliphatic rings. The summed E-state index contributed by atoms with van der Waals surface area (Å²) in [4.78, 5) is 24.9. The fourth-order valence-electron chi connectivity index (χ4n) is 5.62. The number of aromatic nitrogens is 2. The van der Waals surface area contributed by atoms with Crippen molar-refractivity contribution in [2.75, 3.05) is 45.0 Å². The number of nitrogens with two attached hydrogens (primary N) is 2. The second kappa shape index (κ2) is 11.3. The minimum Gasteiger partial charge on any atom is -0.461 e. The van der Waals surface area contributed by atoms with Crippen LogP contribution in [0.2, 0.25) is 0 Å². The Balaban J connectivity index is 1.19. The average molecular weight is 515 g/mol. The van der Waals surface area contributed by atoms with Crippen LogP contribution in [0.5, 0.6) is 5.75 Å². The van der Waals surface area contributed by atoms with E-state index in [1.54, 1.807) is 0 Å². The van der Waals surface area contributed by atoms with Crippen LogP contribution in [0.15, 0.2) is 67.2 Å². The lowest BCUT2D eigenvalue weighted by atomic mass is 10.0. The van der Waals surface area contributed by atoms with Gasteiger partial charge in [-0.15, -0.1) is 0 Å². The molecule has 3 heterocycles. The Morgan fingerprint density at radius 2 is 1.95 bits per heavy atom. The zero-order chi connectivity index (χ0) is 26.6. The molecular formula is C29H36N7O2+. The number of allylic oxidation sites excluding steroid dienone is 4. The molecule has 0 radical (unpaired) electrons. The van der Waals surface area contributed by atoms with E-state index in [0.717, 1.165) is 62.8 Å². The summed E-state index contributed by atoms with van der Waals surface area (Å²) in [7, 11) is 0. The van der Waals surface area contributed by atoms with Crippen LogP contribution >= 0.6 is 0 Å². The minimum absolute atomic E-state index is 0.0337. The molecule has 0 saturated carbocycles. The summed E-state index contributed by atoms with van der Waals surface area (Å²) in [6.45, 7) is 11.1. The molecule has 9 heteroatoms. The normalized spacial score (nSPS) is 22.7. The van der Waals surface area contributed by atoms with Crippen LogP contribution in [0.3, 0.4) is 0 Å². The van der Waals surface area contributed by atoms with Gasteiger partial charge >= 0.3 is 0 Å². The summed E-state index contributed by atoms with van der Waals surface area (Å²) < 4.78 is 6.06. The fraction of sp³-hybridized carbons (Fsp3) is 0.379. The van der Waals surface area contributed by atoms with Gasteiger partial charge in [0.1, 0.15) is 29.2 Å². The summed E-state index contributed by atoms with van der Waals surface area (Å²) in [6.07, 6.45) is 9.99. The van der Waals surface area contributed by atoms with Crippen LogP contribution in [0.1, 0.15) is 24.5 Å². The third-order valence-electron chi connectivity index (χ3n) is 7.74. The molecule has 2 fully saturated rings. The zero-order valence-electron chi connectivity index (χ0n) is 21.8. The summed E-state index contributed by atoms with van der Waals surface area (Å²) in [5.41, 5.74) is 7.80. The number of hydrogen-bond donors (Lipinski definition) is 3. The molecule has 198 valence electrons. The number of anilines is 1. The van der Waals surface area contributed by atoms with Crippen LogP contribution < -0.4 is 15.8 Å². The van der Waals surface area contributed by atoms with Gasteiger partial charge in [0.15, 0.2) is 0 Å². The smallest absolute Gasteiger partial charge is 0.245 e. The van der Waals surface area contributed by atoms with Gasteiger partial charge in [-0.1, -0.05) is 25.7 Å². The second-order valence-electron chi connectivity index (χ2n) is 10.4. The molecule has 1 aromatic heterocycles. The van der Waals surface area contributed by atoms with Crippen molar-refractivity contribution in [3.05, 3.63) is 78.4 Å². The number of rotatable bonds is 9. The van der Waals surface area contributed by atoms with Gasteiger partial charge in [-0.2, -0.15) is 4.98 Å². The SMILES string of the molecule is C=CC(=O)N1CC2CN(CC[NH2+]c3ncnc(N)c3C(=N)c3ccc(OC4=CC=CCC4C)cc3)CC2C1. The number of nitrogens with one attached hydrogen (secondary N) is 1. The topological polar surface area (TPSA) is 125 Å². The number of likely N-dealkylation sites (tertiary alicyclic amines) is 2. The third kappa shape index (κ3) is 5.54. The molecule has 5 N–H and O–H groups in total. The van der Waals surface area contributed by atoms with Crippen molar-refractivity contribution < 1.29 is 14.8 Å². The Morgan fingerprint density at radius 1 is 1.21 bits per heavy atom. The van der Waals surface area contributed by atoms with Gasteiger partial charge in [0.05, 0.1) is 12.3 Å². The molecule has 0 bridgehead atoms. The maximum absolute atomic E-state index is 11.9. The summed E-state index contributed by atoms with van der Waals surface area (Å²) in [5.74, 6) is 4.09. The molecule has 3 unspecified atom stereocenters. The highest BCUT2D eigenvalue weighted by Crippen LogP contribution is 2.31. The standard InChI is InChI=1S/C29H35N7O2/c1-3-25(37)36-16-21-14-35(15-22(21)17-36)13-12-32-29-26(28(31)33-18-34-29)27(30)20-8-10-23(11-9-20)38-24-7-5-4-6-19(24)2/h3-5,7-11,18-19,21-22,30H,1,6,12-17H2,2H3,(H3,31,32,33,34)/p+1. The van der Waals surface area contributed by atoms with E-state index in [0.29, 0.717) is 35.0 Å². The Labute approximate surface area is 223 Å². The lowest BCUT2D eigenvalue weighted by Gasteiger charge is -2.20. The molecule has 1 aromatic carbocycles. The third-order valence-corrected chi connectivity index (χ3v) is 7.74. The van der Waals surface area contributed by atoms with Gasteiger partial charge < -0.3 is 15.4 Å². The molecule has 9 nitrogen and oxygen atoms in total. The van der Waals surface area contributed by atoms with Crippen LogP contribution in [0, 0.1) is 23.2 Å². The van der Waals surface area contributed by atoms with E-state index < -0.39 is 0 Å².